The summed E-state index contributed by atoms with van der Waals surface area (Å²) >= 11 is 11.9. The molecule has 3 nitrogen and oxygen atoms in total. The Morgan fingerprint density at radius 1 is 1.28 bits per heavy atom. The van der Waals surface area contributed by atoms with Crippen LogP contribution in [-0.2, 0) is 13.0 Å². The first-order valence-electron chi connectivity index (χ1n) is 5.66. The zero-order valence-electron chi connectivity index (χ0n) is 9.53. The van der Waals surface area contributed by atoms with Crippen LogP contribution in [0.4, 0.5) is 0 Å². The van der Waals surface area contributed by atoms with Crippen LogP contribution in [0.1, 0.15) is 11.3 Å². The summed E-state index contributed by atoms with van der Waals surface area (Å²) in [4.78, 5) is 10.5. The fourth-order valence-corrected chi connectivity index (χ4v) is 2.63. The lowest BCUT2D eigenvalue weighted by atomic mass is 10.1. The second-order valence-corrected chi connectivity index (χ2v) is 4.84. The van der Waals surface area contributed by atoms with Gasteiger partial charge in [0.15, 0.2) is 0 Å². The summed E-state index contributed by atoms with van der Waals surface area (Å²) in [6.45, 7) is 1.61. The Hall–Kier alpha value is -1.41. The predicted octanol–water partition coefficient (Wildman–Crippen LogP) is 2.95. The number of hydrogen-bond donors (Lipinski definition) is 0. The van der Waals surface area contributed by atoms with Crippen LogP contribution >= 0.6 is 23.2 Å². The molecule has 0 aromatic carbocycles. The van der Waals surface area contributed by atoms with Crippen LogP contribution in [0, 0.1) is 6.08 Å². The lowest BCUT2D eigenvalue weighted by Gasteiger charge is -2.27. The van der Waals surface area contributed by atoms with Crippen molar-refractivity contribution in [3.8, 4) is 0 Å². The van der Waals surface area contributed by atoms with Crippen molar-refractivity contribution in [3.63, 3.8) is 0 Å². The van der Waals surface area contributed by atoms with Crippen molar-refractivity contribution in [2.45, 2.75) is 13.0 Å². The van der Waals surface area contributed by atoms with E-state index in [9.17, 15) is 0 Å². The Kier molecular flexibility index (Phi) is 3.04. The van der Waals surface area contributed by atoms with E-state index in [2.05, 4.69) is 27.0 Å². The van der Waals surface area contributed by atoms with Gasteiger partial charge >= 0.3 is 0 Å². The Morgan fingerprint density at radius 3 is 2.94 bits per heavy atom. The molecule has 2 aliphatic rings. The number of fused-ring (bicyclic) bond motifs is 1. The zero-order chi connectivity index (χ0) is 12.5. The van der Waals surface area contributed by atoms with E-state index in [1.54, 1.807) is 0 Å². The summed E-state index contributed by atoms with van der Waals surface area (Å²) in [7, 11) is 0. The molecule has 0 saturated carbocycles. The maximum Gasteiger partial charge on any atom is 0.224 e. The molecule has 0 spiro atoms. The number of hydrogen-bond acceptors (Lipinski definition) is 3. The van der Waals surface area contributed by atoms with Crippen molar-refractivity contribution < 1.29 is 0 Å². The van der Waals surface area contributed by atoms with Gasteiger partial charge in [0.05, 0.1) is 18.3 Å². The van der Waals surface area contributed by atoms with E-state index >= 15 is 0 Å². The first kappa shape index (κ1) is 11.7. The highest BCUT2D eigenvalue weighted by Gasteiger charge is 2.24. The van der Waals surface area contributed by atoms with Gasteiger partial charge in [0.1, 0.15) is 23.0 Å². The molecular formula is C13H10Cl2N3+. The second-order valence-electron chi connectivity index (χ2n) is 4.14. The minimum atomic E-state index is 0.222. The standard InChI is InChI=1S/C13H10Cl2N3/c14-12-10-8-18(9-4-2-1-3-5-9)7-6-11(10)16-13(15)17-12/h1-2,4-5H,6-8H2/q+1. The second kappa shape index (κ2) is 4.69. The van der Waals surface area contributed by atoms with Gasteiger partial charge in [0.25, 0.3) is 0 Å². The molecular weight excluding hydrogens is 269 g/mol. The largest absolute Gasteiger partial charge is 0.315 e. The third kappa shape index (κ3) is 2.13. The highest BCUT2D eigenvalue weighted by Crippen LogP contribution is 2.27. The number of allylic oxidation sites excluding steroid dienone is 5. The van der Waals surface area contributed by atoms with Gasteiger partial charge in [-0.2, -0.15) is 0 Å². The molecule has 0 N–H and O–H groups in total. The number of rotatable bonds is 1. The van der Waals surface area contributed by atoms with E-state index in [0.717, 1.165) is 29.9 Å². The third-order valence-electron chi connectivity index (χ3n) is 3.04. The maximum absolute atomic E-state index is 6.13. The van der Waals surface area contributed by atoms with Gasteiger partial charge in [-0.3, -0.25) is 0 Å². The molecule has 0 bridgehead atoms. The summed E-state index contributed by atoms with van der Waals surface area (Å²) in [6, 6.07) is 0. The number of aromatic nitrogens is 2. The molecule has 0 amide bonds. The molecule has 0 atom stereocenters. The topological polar surface area (TPSA) is 29.0 Å². The van der Waals surface area contributed by atoms with Crippen LogP contribution in [0.5, 0.6) is 0 Å². The molecule has 1 aromatic rings. The smallest absolute Gasteiger partial charge is 0.224 e. The Bertz CT molecular complexity index is 576. The van der Waals surface area contributed by atoms with Gasteiger partial charge in [-0.05, 0) is 11.6 Å². The van der Waals surface area contributed by atoms with Crippen LogP contribution in [0.25, 0.3) is 0 Å². The Balaban J connectivity index is 1.91. The van der Waals surface area contributed by atoms with Crippen molar-refractivity contribution >= 4 is 23.2 Å². The van der Waals surface area contributed by atoms with Crippen molar-refractivity contribution in [1.82, 2.24) is 14.9 Å². The van der Waals surface area contributed by atoms with Gasteiger partial charge in [-0.1, -0.05) is 11.6 Å². The first-order valence-corrected chi connectivity index (χ1v) is 6.41. The van der Waals surface area contributed by atoms with E-state index < -0.39 is 0 Å². The van der Waals surface area contributed by atoms with Gasteiger partial charge in [-0.25, -0.2) is 9.97 Å². The molecule has 5 heteroatoms. The van der Waals surface area contributed by atoms with Crippen molar-refractivity contribution in [3.05, 3.63) is 57.8 Å². The van der Waals surface area contributed by atoms with E-state index in [1.165, 1.54) is 0 Å². The highest BCUT2D eigenvalue weighted by molar-refractivity contribution is 6.32. The van der Waals surface area contributed by atoms with E-state index in [4.69, 9.17) is 23.2 Å². The number of halogens is 2. The zero-order valence-corrected chi connectivity index (χ0v) is 11.0. The third-order valence-corrected chi connectivity index (χ3v) is 3.52. The molecule has 0 radical (unpaired) electrons. The molecule has 90 valence electrons. The quantitative estimate of drug-likeness (QED) is 0.449. The molecule has 0 saturated heterocycles. The van der Waals surface area contributed by atoms with E-state index in [-0.39, 0.29) is 5.28 Å². The van der Waals surface area contributed by atoms with Crippen LogP contribution in [-0.4, -0.2) is 21.4 Å². The highest BCUT2D eigenvalue weighted by atomic mass is 35.5. The lowest BCUT2D eigenvalue weighted by molar-refractivity contribution is 0.328. The molecule has 1 aliphatic carbocycles. The fraction of sp³-hybridized carbons (Fsp3) is 0.231. The van der Waals surface area contributed by atoms with Gasteiger partial charge in [0.2, 0.25) is 5.28 Å². The van der Waals surface area contributed by atoms with Crippen molar-refractivity contribution in [2.24, 2.45) is 0 Å². The van der Waals surface area contributed by atoms with Gasteiger partial charge in [-0.15, -0.1) is 0 Å². The number of nitrogens with zero attached hydrogens (tertiary/aromatic N) is 3. The summed E-state index contributed by atoms with van der Waals surface area (Å²) < 4.78 is 0. The lowest BCUT2D eigenvalue weighted by Crippen LogP contribution is -2.30. The first-order chi connectivity index (χ1) is 8.74. The maximum atomic E-state index is 6.13. The molecule has 18 heavy (non-hydrogen) atoms. The SMILES string of the molecule is Clc1nc(Cl)c2c(n1)CCN(C1=CC=C[C+]=C1)C2. The average molecular weight is 279 g/mol. The van der Waals surface area contributed by atoms with E-state index in [1.807, 2.05) is 18.2 Å². The Morgan fingerprint density at radius 2 is 2.17 bits per heavy atom. The monoisotopic (exact) mass is 278 g/mol. The molecule has 2 heterocycles. The summed E-state index contributed by atoms with van der Waals surface area (Å²) in [5, 5.41) is 0.676. The average Bonchev–Trinajstić information content (AvgIpc) is 2.39. The van der Waals surface area contributed by atoms with Crippen molar-refractivity contribution in [1.29, 1.82) is 0 Å². The predicted molar refractivity (Wildman–Crippen MR) is 71.2 cm³/mol. The van der Waals surface area contributed by atoms with Crippen LogP contribution in [0.3, 0.4) is 0 Å². The minimum Gasteiger partial charge on any atom is -0.315 e. The van der Waals surface area contributed by atoms with Crippen LogP contribution < -0.4 is 0 Å². The summed E-state index contributed by atoms with van der Waals surface area (Å²) in [6.07, 6.45) is 11.8. The summed E-state index contributed by atoms with van der Waals surface area (Å²) in [5.74, 6) is 0. The molecule has 3 rings (SSSR count). The van der Waals surface area contributed by atoms with Gasteiger partial charge < -0.3 is 4.90 Å². The van der Waals surface area contributed by atoms with E-state index in [0.29, 0.717) is 11.7 Å². The van der Waals surface area contributed by atoms with Gasteiger partial charge in [0, 0.05) is 30.7 Å². The molecule has 0 unspecified atom stereocenters. The van der Waals surface area contributed by atoms with Crippen LogP contribution in [0.15, 0.2) is 30.0 Å². The normalized spacial score (nSPS) is 17.2. The Labute approximate surface area is 115 Å². The molecule has 1 aliphatic heterocycles. The minimum absolute atomic E-state index is 0.222. The fourth-order valence-electron chi connectivity index (χ4n) is 2.15. The molecule has 0 fully saturated rings. The molecule has 1 aromatic heterocycles. The van der Waals surface area contributed by atoms with Crippen molar-refractivity contribution in [2.75, 3.05) is 6.54 Å². The summed E-state index contributed by atoms with van der Waals surface area (Å²) in [5.41, 5.74) is 3.06. The van der Waals surface area contributed by atoms with Crippen LogP contribution in [0.2, 0.25) is 10.4 Å².